The third-order valence-corrected chi connectivity index (χ3v) is 0.635. The Labute approximate surface area is 40.5 Å². The van der Waals surface area contributed by atoms with Gasteiger partial charge < -0.3 is 4.42 Å². The molecular weight excluding hydrogens is 92.1 g/mol. The Balaban J connectivity index is 2.96. The normalized spacial score (nSPS) is 8.57. The van der Waals surface area contributed by atoms with Gasteiger partial charge in [0.1, 0.15) is 12.0 Å². The van der Waals surface area contributed by atoms with Gasteiger partial charge in [0.15, 0.2) is 0 Å². The van der Waals surface area contributed by atoms with Crippen molar-refractivity contribution in [1.82, 2.24) is 0 Å². The molecule has 0 aliphatic rings. The van der Waals surface area contributed by atoms with Gasteiger partial charge in [-0.1, -0.05) is 0 Å². The summed E-state index contributed by atoms with van der Waals surface area (Å²) in [7, 11) is 0. The molecular formula is C4H4N2O. The summed E-state index contributed by atoms with van der Waals surface area (Å²) in [6, 6.07) is 1.62. The van der Waals surface area contributed by atoms with Crippen LogP contribution in [0.2, 0.25) is 0 Å². The van der Waals surface area contributed by atoms with Crippen molar-refractivity contribution in [2.24, 2.45) is 5.11 Å². The maximum absolute atomic E-state index is 6.43. The molecule has 1 N–H and O–H groups in total. The average Bonchev–Trinajstić information content (AvgIpc) is 2.14. The van der Waals surface area contributed by atoms with Crippen molar-refractivity contribution in [3.05, 3.63) is 18.6 Å². The minimum Gasteiger partial charge on any atom is -0.470 e. The van der Waals surface area contributed by atoms with Crippen LogP contribution in [0.4, 0.5) is 5.69 Å². The summed E-state index contributed by atoms with van der Waals surface area (Å²) in [5.74, 6) is 0. The number of nitrogens with zero attached hydrogens (tertiary/aromatic N) is 1. The van der Waals surface area contributed by atoms with E-state index in [0.29, 0.717) is 5.69 Å². The van der Waals surface area contributed by atoms with Crippen LogP contribution in [0.15, 0.2) is 28.1 Å². The summed E-state index contributed by atoms with van der Waals surface area (Å²) >= 11 is 0. The van der Waals surface area contributed by atoms with Crippen LogP contribution >= 0.6 is 0 Å². The second-order valence-corrected chi connectivity index (χ2v) is 1.09. The highest BCUT2D eigenvalue weighted by molar-refractivity contribution is 5.28. The summed E-state index contributed by atoms with van der Waals surface area (Å²) in [5, 5.41) is 3.09. The highest BCUT2D eigenvalue weighted by atomic mass is 16.3. The number of hydrogen-bond acceptors (Lipinski definition) is 3. The van der Waals surface area contributed by atoms with Crippen LogP contribution in [0, 0.1) is 5.53 Å². The van der Waals surface area contributed by atoms with E-state index in [4.69, 9.17) is 5.53 Å². The molecule has 0 aromatic carbocycles. The molecule has 3 nitrogen and oxygen atoms in total. The number of hydrogen-bond donors (Lipinski definition) is 1. The van der Waals surface area contributed by atoms with Crippen LogP contribution in [0.1, 0.15) is 0 Å². The van der Waals surface area contributed by atoms with Gasteiger partial charge in [0, 0.05) is 6.07 Å². The van der Waals surface area contributed by atoms with Crippen molar-refractivity contribution in [1.29, 1.82) is 5.53 Å². The van der Waals surface area contributed by atoms with Gasteiger partial charge in [0.2, 0.25) is 0 Å². The largest absolute Gasteiger partial charge is 0.470 e. The van der Waals surface area contributed by atoms with Gasteiger partial charge in [-0.2, -0.15) is 5.11 Å². The molecule has 0 fully saturated rings. The van der Waals surface area contributed by atoms with Crippen molar-refractivity contribution in [2.45, 2.75) is 0 Å². The van der Waals surface area contributed by atoms with E-state index in [0.717, 1.165) is 0 Å². The van der Waals surface area contributed by atoms with E-state index >= 15 is 0 Å². The van der Waals surface area contributed by atoms with Crippen LogP contribution in [0.3, 0.4) is 0 Å². The first-order valence-electron chi connectivity index (χ1n) is 1.83. The minimum absolute atomic E-state index is 0.556. The lowest BCUT2D eigenvalue weighted by molar-refractivity contribution is 0.567. The molecule has 1 aromatic rings. The molecule has 7 heavy (non-hydrogen) atoms. The molecule has 0 amide bonds. The Kier molecular flexibility index (Phi) is 0.898. The zero-order chi connectivity index (χ0) is 5.11. The zero-order valence-corrected chi connectivity index (χ0v) is 3.59. The highest BCUT2D eigenvalue weighted by Gasteiger charge is 1.82. The molecule has 36 valence electrons. The minimum atomic E-state index is 0.556. The molecule has 0 radical (unpaired) electrons. The molecule has 1 aromatic heterocycles. The van der Waals surface area contributed by atoms with Gasteiger partial charge in [-0.15, -0.1) is 0 Å². The summed E-state index contributed by atoms with van der Waals surface area (Å²) in [6.07, 6.45) is 2.89. The van der Waals surface area contributed by atoms with E-state index in [1.54, 1.807) is 6.07 Å². The number of rotatable bonds is 1. The van der Waals surface area contributed by atoms with Gasteiger partial charge in [0.05, 0.1) is 6.26 Å². The first-order chi connectivity index (χ1) is 3.43. The van der Waals surface area contributed by atoms with Crippen molar-refractivity contribution >= 4 is 5.69 Å². The van der Waals surface area contributed by atoms with Crippen LogP contribution in [-0.2, 0) is 0 Å². The Bertz CT molecular complexity index is 145. The first-order valence-corrected chi connectivity index (χ1v) is 1.83. The number of nitrogens with one attached hydrogen (secondary N) is 1. The van der Waals surface area contributed by atoms with Gasteiger partial charge >= 0.3 is 0 Å². The third-order valence-electron chi connectivity index (χ3n) is 0.635. The molecule has 0 saturated carbocycles. The summed E-state index contributed by atoms with van der Waals surface area (Å²) < 4.78 is 4.59. The molecule has 0 unspecified atom stereocenters. The lowest BCUT2D eigenvalue weighted by Crippen LogP contribution is -1.39. The molecule has 1 rings (SSSR count). The topological polar surface area (TPSA) is 49.4 Å². The fourth-order valence-electron chi connectivity index (χ4n) is 0.321. The van der Waals surface area contributed by atoms with Gasteiger partial charge in [-0.3, -0.25) is 0 Å². The van der Waals surface area contributed by atoms with E-state index in [1.165, 1.54) is 12.5 Å². The smallest absolute Gasteiger partial charge is 0.123 e. The van der Waals surface area contributed by atoms with Crippen LogP contribution in [-0.4, -0.2) is 0 Å². The maximum Gasteiger partial charge on any atom is 0.123 e. The Hall–Kier alpha value is -1.12. The summed E-state index contributed by atoms with van der Waals surface area (Å²) in [5.41, 5.74) is 6.98. The molecule has 1 heterocycles. The molecule has 0 aliphatic heterocycles. The zero-order valence-electron chi connectivity index (χ0n) is 3.59. The lowest BCUT2D eigenvalue weighted by atomic mass is 10.6. The third kappa shape index (κ3) is 0.652. The summed E-state index contributed by atoms with van der Waals surface area (Å²) in [4.78, 5) is 0. The van der Waals surface area contributed by atoms with Crippen molar-refractivity contribution < 1.29 is 4.42 Å². The predicted molar refractivity (Wildman–Crippen MR) is 23.5 cm³/mol. The van der Waals surface area contributed by atoms with Gasteiger partial charge in [-0.05, 0) is 0 Å². The van der Waals surface area contributed by atoms with E-state index in [-0.39, 0.29) is 0 Å². The van der Waals surface area contributed by atoms with E-state index < -0.39 is 0 Å². The highest BCUT2D eigenvalue weighted by Crippen LogP contribution is 2.08. The van der Waals surface area contributed by atoms with E-state index in [9.17, 15) is 0 Å². The van der Waals surface area contributed by atoms with Gasteiger partial charge in [0.25, 0.3) is 0 Å². The Morgan fingerprint density at radius 3 is 2.86 bits per heavy atom. The summed E-state index contributed by atoms with van der Waals surface area (Å²) in [6.45, 7) is 0. The lowest BCUT2D eigenvalue weighted by Gasteiger charge is -1.67. The van der Waals surface area contributed by atoms with Crippen molar-refractivity contribution in [3.8, 4) is 0 Å². The Morgan fingerprint density at radius 1 is 1.71 bits per heavy atom. The second-order valence-electron chi connectivity index (χ2n) is 1.09. The van der Waals surface area contributed by atoms with Crippen molar-refractivity contribution in [2.75, 3.05) is 0 Å². The van der Waals surface area contributed by atoms with E-state index in [2.05, 4.69) is 9.53 Å². The fraction of sp³-hybridized carbons (Fsp3) is 0. The quantitative estimate of drug-likeness (QED) is 0.533. The molecule has 0 atom stereocenters. The fourth-order valence-corrected chi connectivity index (χ4v) is 0.321. The molecule has 0 spiro atoms. The first kappa shape index (κ1) is 4.05. The van der Waals surface area contributed by atoms with E-state index in [1.807, 2.05) is 0 Å². The van der Waals surface area contributed by atoms with Crippen LogP contribution < -0.4 is 0 Å². The molecule has 0 bridgehead atoms. The Morgan fingerprint density at radius 2 is 2.57 bits per heavy atom. The predicted octanol–water partition coefficient (Wildman–Crippen LogP) is 1.94. The monoisotopic (exact) mass is 96.0 g/mol. The molecule has 0 saturated heterocycles. The SMILES string of the molecule is N=Nc1ccoc1. The van der Waals surface area contributed by atoms with Crippen LogP contribution in [0.5, 0.6) is 0 Å². The second kappa shape index (κ2) is 1.55. The van der Waals surface area contributed by atoms with Crippen molar-refractivity contribution in [3.63, 3.8) is 0 Å². The number of furan rings is 1. The van der Waals surface area contributed by atoms with Crippen LogP contribution in [0.25, 0.3) is 0 Å². The average molecular weight is 96.1 g/mol. The molecule has 3 heteroatoms. The van der Waals surface area contributed by atoms with Gasteiger partial charge in [-0.25, -0.2) is 5.53 Å². The maximum atomic E-state index is 6.43. The molecule has 0 aliphatic carbocycles. The standard InChI is InChI=1S/C4H4N2O/c5-6-4-1-2-7-3-4/h1-3,5H.